The van der Waals surface area contributed by atoms with Crippen LogP contribution in [0, 0.1) is 0 Å². The summed E-state index contributed by atoms with van der Waals surface area (Å²) in [4.78, 5) is 24.8. The minimum atomic E-state index is -3.44. The van der Waals surface area contributed by atoms with Gasteiger partial charge in [-0.15, -0.1) is 0 Å². The minimum absolute atomic E-state index is 0.0922. The van der Waals surface area contributed by atoms with Gasteiger partial charge < -0.3 is 24.2 Å². The van der Waals surface area contributed by atoms with Crippen molar-refractivity contribution < 1.29 is 22.7 Å². The molecule has 2 fully saturated rings. The van der Waals surface area contributed by atoms with Gasteiger partial charge in [-0.3, -0.25) is 10.1 Å². The van der Waals surface area contributed by atoms with Crippen molar-refractivity contribution in [3.63, 3.8) is 0 Å². The molecule has 1 amide bonds. The van der Waals surface area contributed by atoms with Gasteiger partial charge in [0.25, 0.3) is 5.91 Å². The molecule has 0 radical (unpaired) electrons. The summed E-state index contributed by atoms with van der Waals surface area (Å²) in [6.45, 7) is 9.64. The average Bonchev–Trinajstić information content (AvgIpc) is 3.36. The SMILES string of the molecule is CCOc1cc(Cl)c(C(=O)Nc2nc3ccc(S(=O)(=O)CCCN4CCN(C)CC4)cc3s2)cc1N1CCOCC1. The molecule has 0 bridgehead atoms. The molecule has 2 aromatic carbocycles. The number of likely N-dealkylation sites (N-methyl/N-ethyl adjacent to an activating group) is 1. The van der Waals surface area contributed by atoms with Crippen molar-refractivity contribution in [3.05, 3.63) is 40.9 Å². The third-order valence-electron chi connectivity index (χ3n) is 7.37. The van der Waals surface area contributed by atoms with E-state index >= 15 is 0 Å². The number of fused-ring (bicyclic) bond motifs is 1. The van der Waals surface area contributed by atoms with Gasteiger partial charge in [0.05, 0.1) is 57.0 Å². The summed E-state index contributed by atoms with van der Waals surface area (Å²) in [5, 5.41) is 3.48. The van der Waals surface area contributed by atoms with Crippen LogP contribution in [0.25, 0.3) is 10.2 Å². The van der Waals surface area contributed by atoms with Crippen LogP contribution in [-0.2, 0) is 14.6 Å². The van der Waals surface area contributed by atoms with Crippen LogP contribution in [-0.4, -0.2) is 108 Å². The van der Waals surface area contributed by atoms with Gasteiger partial charge in [0.2, 0.25) is 0 Å². The number of nitrogens with zero attached hydrogens (tertiary/aromatic N) is 4. The van der Waals surface area contributed by atoms with Crippen molar-refractivity contribution in [2.75, 3.05) is 88.7 Å². The summed E-state index contributed by atoms with van der Waals surface area (Å²) in [5.74, 6) is 0.311. The van der Waals surface area contributed by atoms with E-state index in [4.69, 9.17) is 21.1 Å². The number of piperazine rings is 1. The number of sulfone groups is 1. The Morgan fingerprint density at radius 2 is 1.88 bits per heavy atom. The highest BCUT2D eigenvalue weighted by Crippen LogP contribution is 2.36. The zero-order chi connectivity index (χ0) is 29.0. The predicted molar refractivity (Wildman–Crippen MR) is 164 cm³/mol. The number of amides is 1. The first kappa shape index (κ1) is 30.0. The van der Waals surface area contributed by atoms with Crippen LogP contribution in [0.3, 0.4) is 0 Å². The number of benzene rings is 2. The van der Waals surface area contributed by atoms with Crippen LogP contribution in [0.5, 0.6) is 5.75 Å². The minimum Gasteiger partial charge on any atom is -0.492 e. The van der Waals surface area contributed by atoms with Gasteiger partial charge in [-0.2, -0.15) is 0 Å². The number of hydrogen-bond acceptors (Lipinski definition) is 10. The molecule has 222 valence electrons. The Hall–Kier alpha value is -2.48. The van der Waals surface area contributed by atoms with E-state index < -0.39 is 15.7 Å². The lowest BCUT2D eigenvalue weighted by Crippen LogP contribution is -2.44. The van der Waals surface area contributed by atoms with Gasteiger partial charge in [0.15, 0.2) is 15.0 Å². The number of anilines is 2. The Kier molecular flexibility index (Phi) is 9.67. The highest BCUT2D eigenvalue weighted by Gasteiger charge is 2.23. The van der Waals surface area contributed by atoms with E-state index in [-0.39, 0.29) is 15.7 Å². The lowest BCUT2D eigenvalue weighted by atomic mass is 10.1. The second-order valence-corrected chi connectivity index (χ2v) is 13.8. The van der Waals surface area contributed by atoms with Crippen LogP contribution < -0.4 is 15.0 Å². The Morgan fingerprint density at radius 3 is 2.61 bits per heavy atom. The number of halogens is 1. The fraction of sp³-hybridized carbons (Fsp3) is 0.500. The van der Waals surface area contributed by atoms with Gasteiger partial charge in [-0.1, -0.05) is 22.9 Å². The molecule has 0 atom stereocenters. The van der Waals surface area contributed by atoms with Crippen molar-refractivity contribution in [1.82, 2.24) is 14.8 Å². The molecular formula is C28H36ClN5O5S2. The van der Waals surface area contributed by atoms with E-state index in [1.807, 2.05) is 6.92 Å². The number of hydrogen-bond donors (Lipinski definition) is 1. The summed E-state index contributed by atoms with van der Waals surface area (Å²) in [6, 6.07) is 8.35. The fourth-order valence-electron chi connectivity index (χ4n) is 5.02. The number of carbonyl (C=O) groups is 1. The van der Waals surface area contributed by atoms with E-state index in [2.05, 4.69) is 32.0 Å². The average molecular weight is 622 g/mol. The second kappa shape index (κ2) is 13.2. The Bertz CT molecular complexity index is 1480. The highest BCUT2D eigenvalue weighted by atomic mass is 35.5. The molecule has 41 heavy (non-hydrogen) atoms. The van der Waals surface area contributed by atoms with Gasteiger partial charge in [0.1, 0.15) is 5.75 Å². The maximum absolute atomic E-state index is 13.3. The number of rotatable bonds is 10. The third kappa shape index (κ3) is 7.30. The standard InChI is InChI=1S/C28H36ClN5O5S2/c1-3-39-25-19-22(29)21(18-24(25)34-12-14-38-15-13-34)27(35)31-28-30-23-6-5-20(17-26(23)40-28)41(36,37)16-4-7-33-10-8-32(2)9-11-33/h5-6,17-19H,3-4,7-16H2,1-2H3,(H,30,31,35). The molecule has 5 rings (SSSR count). The van der Waals surface area contributed by atoms with Crippen LogP contribution in [0.2, 0.25) is 5.02 Å². The zero-order valence-corrected chi connectivity index (χ0v) is 25.8. The van der Waals surface area contributed by atoms with E-state index in [0.717, 1.165) is 38.4 Å². The lowest BCUT2D eigenvalue weighted by Gasteiger charge is -2.32. The summed E-state index contributed by atoms with van der Waals surface area (Å²) in [5.41, 5.74) is 1.71. The van der Waals surface area contributed by atoms with E-state index in [9.17, 15) is 13.2 Å². The molecule has 3 heterocycles. The van der Waals surface area contributed by atoms with Crippen LogP contribution in [0.1, 0.15) is 23.7 Å². The molecular weight excluding hydrogens is 586 g/mol. The molecule has 13 heteroatoms. The van der Waals surface area contributed by atoms with Gasteiger partial charge in [-0.05, 0) is 51.2 Å². The molecule has 0 saturated carbocycles. The van der Waals surface area contributed by atoms with Gasteiger partial charge in [-0.25, -0.2) is 13.4 Å². The van der Waals surface area contributed by atoms with E-state index in [1.165, 1.54) is 11.3 Å². The molecule has 1 aromatic heterocycles. The van der Waals surface area contributed by atoms with Crippen molar-refractivity contribution in [1.29, 1.82) is 0 Å². The summed E-state index contributed by atoms with van der Waals surface area (Å²) >= 11 is 7.74. The topological polar surface area (TPSA) is 104 Å². The maximum Gasteiger partial charge on any atom is 0.259 e. The van der Waals surface area contributed by atoms with Crippen molar-refractivity contribution in [2.24, 2.45) is 0 Å². The summed E-state index contributed by atoms with van der Waals surface area (Å²) < 4.78 is 38.1. The van der Waals surface area contributed by atoms with E-state index in [0.29, 0.717) is 66.0 Å². The monoisotopic (exact) mass is 621 g/mol. The first-order valence-corrected chi connectivity index (χ1v) is 16.7. The van der Waals surface area contributed by atoms with Crippen molar-refractivity contribution >= 4 is 59.7 Å². The Labute approximate surface area is 250 Å². The summed E-state index contributed by atoms with van der Waals surface area (Å²) in [6.07, 6.45) is 0.587. The van der Waals surface area contributed by atoms with Crippen molar-refractivity contribution in [2.45, 2.75) is 18.2 Å². The second-order valence-electron chi connectivity index (χ2n) is 10.3. The largest absolute Gasteiger partial charge is 0.492 e. The number of nitrogens with one attached hydrogen (secondary N) is 1. The molecule has 0 spiro atoms. The first-order chi connectivity index (χ1) is 19.7. The zero-order valence-electron chi connectivity index (χ0n) is 23.4. The fourth-order valence-corrected chi connectivity index (χ4v) is 7.56. The predicted octanol–water partition coefficient (Wildman–Crippen LogP) is 3.85. The van der Waals surface area contributed by atoms with Gasteiger partial charge >= 0.3 is 0 Å². The van der Waals surface area contributed by atoms with Crippen molar-refractivity contribution in [3.8, 4) is 5.75 Å². The number of carbonyl (C=O) groups excluding carboxylic acids is 1. The molecule has 0 unspecified atom stereocenters. The van der Waals surface area contributed by atoms with Crippen LogP contribution in [0.4, 0.5) is 10.8 Å². The van der Waals surface area contributed by atoms with Gasteiger partial charge in [0, 0.05) is 45.3 Å². The number of aromatic nitrogens is 1. The smallest absolute Gasteiger partial charge is 0.259 e. The lowest BCUT2D eigenvalue weighted by molar-refractivity contribution is 0.102. The molecule has 0 aliphatic carbocycles. The number of thiazole rings is 1. The Balaban J connectivity index is 1.28. The molecule has 3 aromatic rings. The molecule has 10 nitrogen and oxygen atoms in total. The third-order valence-corrected chi connectivity index (χ3v) is 10.4. The number of ether oxygens (including phenoxy) is 2. The molecule has 1 N–H and O–H groups in total. The van der Waals surface area contributed by atoms with Crippen LogP contribution in [0.15, 0.2) is 35.2 Å². The maximum atomic E-state index is 13.3. The van der Waals surface area contributed by atoms with E-state index in [1.54, 1.807) is 30.3 Å². The first-order valence-electron chi connectivity index (χ1n) is 13.9. The normalized spacial score (nSPS) is 17.2. The number of morpholine rings is 1. The van der Waals surface area contributed by atoms with Crippen LogP contribution >= 0.6 is 22.9 Å². The summed E-state index contributed by atoms with van der Waals surface area (Å²) in [7, 11) is -1.34. The quantitative estimate of drug-likeness (QED) is 0.361. The highest BCUT2D eigenvalue weighted by molar-refractivity contribution is 7.91. The Morgan fingerprint density at radius 1 is 1.12 bits per heavy atom. The molecule has 2 saturated heterocycles. The molecule has 2 aliphatic rings. The molecule has 2 aliphatic heterocycles.